The Morgan fingerprint density at radius 2 is 1.72 bits per heavy atom. The predicted octanol–water partition coefficient (Wildman–Crippen LogP) is 3.08. The second-order valence-electron chi connectivity index (χ2n) is 8.94. The van der Waals surface area contributed by atoms with Gasteiger partial charge < -0.3 is 14.3 Å². The van der Waals surface area contributed by atoms with Crippen LogP contribution in [0.3, 0.4) is 0 Å². The molecule has 2 aromatic carbocycles. The molecule has 0 bridgehead atoms. The number of aromatic nitrogens is 1. The lowest BCUT2D eigenvalue weighted by atomic mass is 9.86. The lowest BCUT2D eigenvalue weighted by Gasteiger charge is -2.44. The molecule has 3 aromatic rings. The third-order valence-corrected chi connectivity index (χ3v) is 6.45. The summed E-state index contributed by atoms with van der Waals surface area (Å²) in [7, 11) is 2.20. The first kappa shape index (κ1) is 22.2. The van der Waals surface area contributed by atoms with Crippen molar-refractivity contribution in [3.05, 3.63) is 102 Å². The van der Waals surface area contributed by atoms with Crippen molar-refractivity contribution < 1.29 is 19.1 Å². The van der Waals surface area contributed by atoms with E-state index in [0.29, 0.717) is 17.7 Å². The molecule has 2 heterocycles. The molecular formula is C27H30N2O3. The molecule has 4 rings (SSSR count). The maximum atomic E-state index is 14.1. The van der Waals surface area contributed by atoms with Crippen LogP contribution in [0.5, 0.6) is 0 Å². The fourth-order valence-electron chi connectivity index (χ4n) is 4.60. The van der Waals surface area contributed by atoms with Crippen LogP contribution in [0.4, 0.5) is 0 Å². The van der Waals surface area contributed by atoms with Gasteiger partial charge in [0.1, 0.15) is 6.54 Å². The van der Waals surface area contributed by atoms with E-state index >= 15 is 0 Å². The van der Waals surface area contributed by atoms with Crippen molar-refractivity contribution in [1.82, 2.24) is 4.98 Å². The number of piperidine rings is 1. The number of benzene rings is 2. The van der Waals surface area contributed by atoms with Gasteiger partial charge in [-0.25, -0.2) is 0 Å². The van der Waals surface area contributed by atoms with Crippen LogP contribution in [0, 0.1) is 0 Å². The van der Waals surface area contributed by atoms with Crippen LogP contribution in [-0.4, -0.2) is 48.2 Å². The molecule has 1 aromatic heterocycles. The predicted molar refractivity (Wildman–Crippen MR) is 122 cm³/mol. The number of hydrogen-bond acceptors (Lipinski definition) is 4. The summed E-state index contributed by atoms with van der Waals surface area (Å²) in [5.74, 6) is -0.722. The molecule has 0 N–H and O–H groups in total. The first-order chi connectivity index (χ1) is 15.5. The van der Waals surface area contributed by atoms with E-state index < -0.39 is 11.6 Å². The van der Waals surface area contributed by atoms with E-state index in [4.69, 9.17) is 4.74 Å². The van der Waals surface area contributed by atoms with E-state index in [1.54, 1.807) is 54.7 Å². The van der Waals surface area contributed by atoms with E-state index in [0.717, 1.165) is 36.8 Å². The van der Waals surface area contributed by atoms with Gasteiger partial charge in [0.05, 0.1) is 20.1 Å². The average Bonchev–Trinajstić information content (AvgIpc) is 2.84. The minimum atomic E-state index is -2.08. The minimum absolute atomic E-state index is 0.268. The maximum absolute atomic E-state index is 14.1. The van der Waals surface area contributed by atoms with E-state index in [-0.39, 0.29) is 6.10 Å². The van der Waals surface area contributed by atoms with Crippen molar-refractivity contribution in [2.75, 3.05) is 26.7 Å². The summed E-state index contributed by atoms with van der Waals surface area (Å²) in [6.45, 7) is 2.69. The molecule has 5 nitrogen and oxygen atoms in total. The van der Waals surface area contributed by atoms with Gasteiger partial charge in [0.25, 0.3) is 0 Å². The Morgan fingerprint density at radius 1 is 1.06 bits per heavy atom. The van der Waals surface area contributed by atoms with Crippen molar-refractivity contribution in [2.45, 2.75) is 31.0 Å². The van der Waals surface area contributed by atoms with Crippen molar-refractivity contribution in [2.24, 2.45) is 0 Å². The first-order valence-electron chi connectivity index (χ1n) is 11.2. The highest BCUT2D eigenvalue weighted by molar-refractivity contribution is 5.85. The van der Waals surface area contributed by atoms with E-state index in [1.807, 2.05) is 24.4 Å². The van der Waals surface area contributed by atoms with Crippen LogP contribution in [0.1, 0.15) is 29.5 Å². The fourth-order valence-corrected chi connectivity index (χ4v) is 4.60. The number of carbonyl (C=O) groups excluding carboxylic acids is 1. The quantitative estimate of drug-likeness (QED) is 0.427. The lowest BCUT2D eigenvalue weighted by Crippen LogP contribution is -2.57. The van der Waals surface area contributed by atoms with Gasteiger partial charge in [-0.2, -0.15) is 0 Å². The standard InChI is InChI=1S/C27H30N2O3/c1-29(19-16-22-10-8-17-28-20-22)18-9-15-25(21-29)32-26(30)27(31,23-11-4-2-5-12-23)24-13-6-3-7-14-24/h2-8,10-14,17,20,25H,9,15-16,18-19,21H2,1H3/t25?,29-/m1/s1. The summed E-state index contributed by atoms with van der Waals surface area (Å²) in [5, 5.41) is 14.1. The zero-order valence-corrected chi connectivity index (χ0v) is 18.5. The number of quaternary nitrogens is 1. The summed E-state index contributed by atoms with van der Waals surface area (Å²) in [6.07, 6.45) is 6.08. The third kappa shape index (κ3) is 4.90. The van der Waals surface area contributed by atoms with Gasteiger partial charge in [0.15, 0.2) is 6.10 Å². The number of likely N-dealkylation sites (tertiary alicyclic amines) is 1. The average molecular weight is 431 g/mol. The van der Waals surface area contributed by atoms with Crippen LogP contribution in [-0.2, 0) is 21.6 Å². The van der Waals surface area contributed by atoms with Gasteiger partial charge in [-0.3, -0.25) is 9.78 Å². The van der Waals surface area contributed by atoms with Gasteiger partial charge in [0, 0.05) is 30.8 Å². The summed E-state index contributed by atoms with van der Waals surface area (Å²) in [6, 6.07) is 21.7. The second kappa shape index (κ2) is 9.63. The minimum Gasteiger partial charge on any atom is -0.834 e. The highest BCUT2D eigenvalue weighted by Gasteiger charge is 2.37. The van der Waals surface area contributed by atoms with Crippen molar-refractivity contribution in [3.8, 4) is 0 Å². The molecular weight excluding hydrogens is 400 g/mol. The number of ether oxygens (including phenoxy) is 1. The molecule has 0 spiro atoms. The zero-order chi connectivity index (χ0) is 22.4. The maximum Gasteiger partial charge on any atom is 0.304 e. The highest BCUT2D eigenvalue weighted by Crippen LogP contribution is 2.30. The third-order valence-electron chi connectivity index (χ3n) is 6.45. The van der Waals surface area contributed by atoms with Crippen LogP contribution in [0.2, 0.25) is 0 Å². The van der Waals surface area contributed by atoms with Gasteiger partial charge in [-0.1, -0.05) is 66.7 Å². The molecule has 0 saturated carbocycles. The molecule has 1 saturated heterocycles. The molecule has 1 aliphatic heterocycles. The van der Waals surface area contributed by atoms with Crippen LogP contribution in [0.25, 0.3) is 0 Å². The topological polar surface area (TPSA) is 62.2 Å². The normalized spacial score (nSPS) is 21.1. The summed E-state index contributed by atoms with van der Waals surface area (Å²) < 4.78 is 6.75. The number of esters is 1. The number of pyridine rings is 1. The first-order valence-corrected chi connectivity index (χ1v) is 11.2. The van der Waals surface area contributed by atoms with Gasteiger partial charge in [0.2, 0.25) is 0 Å². The summed E-state index contributed by atoms with van der Waals surface area (Å²) in [4.78, 5) is 17.6. The van der Waals surface area contributed by atoms with E-state index in [2.05, 4.69) is 18.1 Å². The molecule has 1 aliphatic rings. The number of hydrogen-bond donors (Lipinski definition) is 0. The molecule has 0 aliphatic carbocycles. The van der Waals surface area contributed by atoms with Crippen LogP contribution in [0.15, 0.2) is 85.2 Å². The van der Waals surface area contributed by atoms with Gasteiger partial charge in [-0.05, 0) is 29.2 Å². The summed E-state index contributed by atoms with van der Waals surface area (Å²) in [5.41, 5.74) is -0.0709. The Kier molecular flexibility index (Phi) is 6.68. The molecule has 32 heavy (non-hydrogen) atoms. The number of likely N-dealkylation sites (N-methyl/N-ethyl adjacent to an activating group) is 1. The number of nitrogens with zero attached hydrogens (tertiary/aromatic N) is 2. The SMILES string of the molecule is C[N@+]1(CCc2cccnc2)CCCC(OC(=O)C([O-])(c2ccccc2)c2ccccc2)C1. The smallest absolute Gasteiger partial charge is 0.304 e. The Labute approximate surface area is 189 Å². The number of rotatable bonds is 7. The van der Waals surface area contributed by atoms with E-state index in [9.17, 15) is 9.90 Å². The summed E-state index contributed by atoms with van der Waals surface area (Å²) >= 11 is 0. The molecule has 1 unspecified atom stereocenters. The lowest BCUT2D eigenvalue weighted by molar-refractivity contribution is -0.916. The molecule has 0 amide bonds. The monoisotopic (exact) mass is 430 g/mol. The molecule has 2 atom stereocenters. The Morgan fingerprint density at radius 3 is 2.31 bits per heavy atom. The Hall–Kier alpha value is -3.02. The van der Waals surface area contributed by atoms with Crippen LogP contribution >= 0.6 is 0 Å². The van der Waals surface area contributed by atoms with Crippen molar-refractivity contribution in [3.63, 3.8) is 0 Å². The van der Waals surface area contributed by atoms with Crippen molar-refractivity contribution >= 4 is 5.97 Å². The van der Waals surface area contributed by atoms with Gasteiger partial charge in [-0.15, -0.1) is 0 Å². The largest absolute Gasteiger partial charge is 0.834 e. The van der Waals surface area contributed by atoms with Gasteiger partial charge >= 0.3 is 5.97 Å². The molecule has 5 heteroatoms. The molecule has 1 fully saturated rings. The Bertz CT molecular complexity index is 971. The van der Waals surface area contributed by atoms with E-state index in [1.165, 1.54) is 5.56 Å². The molecule has 166 valence electrons. The molecule has 0 radical (unpaired) electrons. The highest BCUT2D eigenvalue weighted by atomic mass is 16.6. The van der Waals surface area contributed by atoms with Crippen molar-refractivity contribution in [1.29, 1.82) is 0 Å². The van der Waals surface area contributed by atoms with Crippen LogP contribution < -0.4 is 5.11 Å². The zero-order valence-electron chi connectivity index (χ0n) is 18.5. The second-order valence-corrected chi connectivity index (χ2v) is 8.94. The number of carbonyl (C=O) groups is 1. The Balaban J connectivity index is 1.49. The fraction of sp³-hybridized carbons (Fsp3) is 0.333.